The van der Waals surface area contributed by atoms with Crippen molar-refractivity contribution in [3.8, 4) is 22.9 Å². The number of halogens is 1. The predicted molar refractivity (Wildman–Crippen MR) is 101 cm³/mol. The molecule has 0 bridgehead atoms. The highest BCUT2D eigenvalue weighted by atomic mass is 79.9. The number of nitrogens with one attached hydrogen (secondary N) is 1. The van der Waals surface area contributed by atoms with Crippen LogP contribution in [0.5, 0.6) is 11.5 Å². The van der Waals surface area contributed by atoms with Crippen LogP contribution in [0.3, 0.4) is 0 Å². The third-order valence-corrected chi connectivity index (χ3v) is 5.70. The van der Waals surface area contributed by atoms with Crippen LogP contribution in [0.15, 0.2) is 52.1 Å². The van der Waals surface area contributed by atoms with E-state index < -0.39 is 0 Å². The lowest BCUT2D eigenvalue weighted by Crippen LogP contribution is -2.14. The van der Waals surface area contributed by atoms with Crippen LogP contribution >= 0.6 is 27.7 Å². The van der Waals surface area contributed by atoms with E-state index in [4.69, 9.17) is 9.47 Å². The molecule has 0 saturated carbocycles. The Morgan fingerprint density at radius 1 is 1.12 bits per heavy atom. The molecule has 2 heterocycles. The summed E-state index contributed by atoms with van der Waals surface area (Å²) in [5.41, 5.74) is 5.43. The van der Waals surface area contributed by atoms with Gasteiger partial charge in [0.2, 0.25) is 5.16 Å². The minimum absolute atomic E-state index is 0.00443. The highest BCUT2D eigenvalue weighted by Gasteiger charge is 2.30. The van der Waals surface area contributed by atoms with E-state index in [0.29, 0.717) is 0 Å². The fourth-order valence-corrected chi connectivity index (χ4v) is 4.15. The highest BCUT2D eigenvalue weighted by molar-refractivity contribution is 9.10. The fraction of sp³-hybridized carbons (Fsp3) is 0.176. The van der Waals surface area contributed by atoms with Crippen LogP contribution < -0.4 is 14.9 Å². The van der Waals surface area contributed by atoms with Crippen molar-refractivity contribution in [3.05, 3.63) is 52.5 Å². The Hall–Kier alpha value is -2.19. The number of para-hydroxylation sites is 1. The minimum atomic E-state index is 0.00443. The number of rotatable bonds is 4. The van der Waals surface area contributed by atoms with Crippen molar-refractivity contribution >= 4 is 27.7 Å². The minimum Gasteiger partial charge on any atom is -0.497 e. The van der Waals surface area contributed by atoms with Gasteiger partial charge in [-0.3, -0.25) is 0 Å². The molecule has 0 radical (unpaired) electrons. The molecule has 3 aromatic rings. The van der Waals surface area contributed by atoms with Gasteiger partial charge in [-0.05, 0) is 24.3 Å². The normalized spacial score (nSPS) is 15.6. The Kier molecular flexibility index (Phi) is 4.30. The smallest absolute Gasteiger partial charge is 0.212 e. The third-order valence-electron chi connectivity index (χ3n) is 3.94. The van der Waals surface area contributed by atoms with Gasteiger partial charge < -0.3 is 14.9 Å². The van der Waals surface area contributed by atoms with Crippen LogP contribution in [0.25, 0.3) is 11.4 Å². The molecule has 0 saturated heterocycles. The van der Waals surface area contributed by atoms with Gasteiger partial charge in [-0.2, -0.15) is 0 Å². The van der Waals surface area contributed by atoms with Crippen LogP contribution in [0.1, 0.15) is 10.9 Å². The standard InChI is InChI=1S/C17H15BrN4O2S/c1-23-10-7-8-13(18)12(9-10)15-19-20-17-22(15)21-16(25-17)11-5-3-4-6-14(11)24-2/h3-9,16,21H,1-2H3. The van der Waals surface area contributed by atoms with Gasteiger partial charge in [0.15, 0.2) is 5.82 Å². The molecule has 0 spiro atoms. The molecule has 0 fully saturated rings. The molecular weight excluding hydrogens is 404 g/mol. The highest BCUT2D eigenvalue weighted by Crippen LogP contribution is 2.43. The van der Waals surface area contributed by atoms with Gasteiger partial charge in [-0.1, -0.05) is 45.9 Å². The number of ether oxygens (including phenoxy) is 2. The molecule has 1 unspecified atom stereocenters. The lowest BCUT2D eigenvalue weighted by molar-refractivity contribution is 0.409. The van der Waals surface area contributed by atoms with Crippen molar-refractivity contribution in [3.63, 3.8) is 0 Å². The summed E-state index contributed by atoms with van der Waals surface area (Å²) in [6.07, 6.45) is 0. The zero-order valence-electron chi connectivity index (χ0n) is 13.6. The maximum Gasteiger partial charge on any atom is 0.212 e. The summed E-state index contributed by atoms with van der Waals surface area (Å²) in [7, 11) is 3.32. The maximum absolute atomic E-state index is 5.47. The van der Waals surface area contributed by atoms with E-state index in [-0.39, 0.29) is 5.37 Å². The zero-order valence-corrected chi connectivity index (χ0v) is 16.0. The second kappa shape index (κ2) is 6.61. The van der Waals surface area contributed by atoms with Crippen LogP contribution in [0, 0.1) is 0 Å². The Morgan fingerprint density at radius 2 is 1.96 bits per heavy atom. The predicted octanol–water partition coefficient (Wildman–Crippen LogP) is 4.07. The molecule has 1 N–H and O–H groups in total. The Bertz CT molecular complexity index is 931. The number of hydrogen-bond acceptors (Lipinski definition) is 6. The molecule has 1 aromatic heterocycles. The quantitative estimate of drug-likeness (QED) is 0.688. The Labute approximate surface area is 157 Å². The summed E-state index contributed by atoms with van der Waals surface area (Å²) < 4.78 is 13.6. The van der Waals surface area contributed by atoms with Crippen LogP contribution in [-0.4, -0.2) is 29.1 Å². The number of hydrogen-bond donors (Lipinski definition) is 1. The number of methoxy groups -OCH3 is 2. The maximum atomic E-state index is 5.47. The number of thioether (sulfide) groups is 1. The monoisotopic (exact) mass is 418 g/mol. The second-order valence-electron chi connectivity index (χ2n) is 5.36. The summed E-state index contributed by atoms with van der Waals surface area (Å²) in [5.74, 6) is 2.34. The van der Waals surface area contributed by atoms with E-state index in [1.54, 1.807) is 26.0 Å². The molecule has 4 rings (SSSR count). The Balaban J connectivity index is 1.71. The summed E-state index contributed by atoms with van der Waals surface area (Å²) in [5, 5.41) is 9.45. The fourth-order valence-electron chi connectivity index (χ4n) is 2.70. The molecule has 0 amide bonds. The lowest BCUT2D eigenvalue weighted by Gasteiger charge is -2.15. The van der Waals surface area contributed by atoms with Gasteiger partial charge in [-0.25, -0.2) is 4.68 Å². The first-order valence-electron chi connectivity index (χ1n) is 7.56. The number of nitrogens with zero attached hydrogens (tertiary/aromatic N) is 3. The lowest BCUT2D eigenvalue weighted by atomic mass is 10.2. The van der Waals surface area contributed by atoms with Crippen LogP contribution in [0.4, 0.5) is 0 Å². The second-order valence-corrected chi connectivity index (χ2v) is 7.28. The average molecular weight is 419 g/mol. The summed E-state index contributed by atoms with van der Waals surface area (Å²) in [6.45, 7) is 0. The van der Waals surface area contributed by atoms with Gasteiger partial charge in [-0.15, -0.1) is 10.2 Å². The van der Waals surface area contributed by atoms with E-state index in [1.807, 2.05) is 47.1 Å². The molecule has 1 atom stereocenters. The van der Waals surface area contributed by atoms with Crippen molar-refractivity contribution in [1.82, 2.24) is 14.9 Å². The van der Waals surface area contributed by atoms with E-state index in [2.05, 4.69) is 31.6 Å². The molecular formula is C17H15BrN4O2S. The van der Waals surface area contributed by atoms with E-state index in [0.717, 1.165) is 38.1 Å². The molecule has 25 heavy (non-hydrogen) atoms. The van der Waals surface area contributed by atoms with Gasteiger partial charge in [0, 0.05) is 15.6 Å². The molecule has 6 nitrogen and oxygen atoms in total. The summed E-state index contributed by atoms with van der Waals surface area (Å²) >= 11 is 5.18. The van der Waals surface area contributed by atoms with Gasteiger partial charge in [0.25, 0.3) is 0 Å². The van der Waals surface area contributed by atoms with E-state index in [9.17, 15) is 0 Å². The van der Waals surface area contributed by atoms with Crippen molar-refractivity contribution in [1.29, 1.82) is 0 Å². The van der Waals surface area contributed by atoms with Crippen LogP contribution in [0.2, 0.25) is 0 Å². The molecule has 128 valence electrons. The average Bonchev–Trinajstić information content (AvgIpc) is 3.23. The SMILES string of the molecule is COc1ccc(Br)c(-c2nnc3n2NC(c2ccccc2OC)S3)c1. The van der Waals surface area contributed by atoms with Crippen molar-refractivity contribution < 1.29 is 9.47 Å². The first kappa shape index (κ1) is 16.3. The zero-order chi connectivity index (χ0) is 17.4. The summed E-state index contributed by atoms with van der Waals surface area (Å²) in [4.78, 5) is 0. The first-order valence-corrected chi connectivity index (χ1v) is 9.24. The molecule has 2 aromatic carbocycles. The van der Waals surface area contributed by atoms with Crippen LogP contribution in [-0.2, 0) is 0 Å². The number of aromatic nitrogens is 3. The van der Waals surface area contributed by atoms with Crippen molar-refractivity contribution in [2.24, 2.45) is 0 Å². The molecule has 8 heteroatoms. The van der Waals surface area contributed by atoms with Gasteiger partial charge >= 0.3 is 0 Å². The van der Waals surface area contributed by atoms with Crippen molar-refractivity contribution in [2.75, 3.05) is 19.6 Å². The number of benzene rings is 2. The van der Waals surface area contributed by atoms with Gasteiger partial charge in [0.1, 0.15) is 16.9 Å². The molecule has 1 aliphatic heterocycles. The van der Waals surface area contributed by atoms with E-state index >= 15 is 0 Å². The summed E-state index contributed by atoms with van der Waals surface area (Å²) in [6, 6.07) is 13.7. The number of fused-ring (bicyclic) bond motifs is 1. The topological polar surface area (TPSA) is 61.2 Å². The van der Waals surface area contributed by atoms with Crippen molar-refractivity contribution in [2.45, 2.75) is 10.5 Å². The largest absolute Gasteiger partial charge is 0.497 e. The molecule has 0 aliphatic carbocycles. The van der Waals surface area contributed by atoms with Gasteiger partial charge in [0.05, 0.1) is 14.2 Å². The molecule has 1 aliphatic rings. The Morgan fingerprint density at radius 3 is 2.76 bits per heavy atom. The van der Waals surface area contributed by atoms with E-state index in [1.165, 1.54) is 0 Å². The first-order chi connectivity index (χ1) is 12.2. The third kappa shape index (κ3) is 2.85.